The van der Waals surface area contributed by atoms with Gasteiger partial charge in [-0.1, -0.05) is 13.2 Å². The van der Waals surface area contributed by atoms with Crippen molar-refractivity contribution in [1.82, 2.24) is 0 Å². The third-order valence-corrected chi connectivity index (χ3v) is 0.649. The van der Waals surface area contributed by atoms with Crippen molar-refractivity contribution in [3.63, 3.8) is 0 Å². The van der Waals surface area contributed by atoms with Crippen molar-refractivity contribution >= 4 is 0 Å². The minimum Gasteiger partial charge on any atom is -0.504 e. The standard InChI is InChI=1S/C6H8O2/c1-3-5(7)6(8)4-2/h3-4,7-8H,1-2H2/b6-5-. The lowest BCUT2D eigenvalue weighted by molar-refractivity contribution is 0.352. The van der Waals surface area contributed by atoms with Gasteiger partial charge in [-0.05, 0) is 12.2 Å². The maximum atomic E-state index is 8.57. The molecule has 0 bridgehead atoms. The predicted molar refractivity (Wildman–Crippen MR) is 32.7 cm³/mol. The smallest absolute Gasteiger partial charge is 0.156 e. The largest absolute Gasteiger partial charge is 0.504 e. The molecule has 0 unspecified atom stereocenters. The van der Waals surface area contributed by atoms with E-state index in [4.69, 9.17) is 10.2 Å². The van der Waals surface area contributed by atoms with Gasteiger partial charge in [0.1, 0.15) is 0 Å². The van der Waals surface area contributed by atoms with Crippen LogP contribution in [0.25, 0.3) is 0 Å². The van der Waals surface area contributed by atoms with Crippen LogP contribution >= 0.6 is 0 Å². The summed E-state index contributed by atoms with van der Waals surface area (Å²) in [5, 5.41) is 17.1. The number of rotatable bonds is 2. The molecule has 0 radical (unpaired) electrons. The minimum atomic E-state index is -0.250. The third kappa shape index (κ3) is 1.51. The second kappa shape index (κ2) is 2.91. The fourth-order valence-corrected chi connectivity index (χ4v) is 0.209. The fourth-order valence-electron chi connectivity index (χ4n) is 0.209. The number of hydrogen-bond acceptors (Lipinski definition) is 2. The minimum absolute atomic E-state index is 0.250. The molecule has 0 aromatic rings. The molecule has 0 fully saturated rings. The van der Waals surface area contributed by atoms with E-state index in [1.165, 1.54) is 0 Å². The highest BCUT2D eigenvalue weighted by molar-refractivity contribution is 5.18. The Hall–Kier alpha value is -1.18. The van der Waals surface area contributed by atoms with Crippen molar-refractivity contribution < 1.29 is 10.2 Å². The highest BCUT2D eigenvalue weighted by Crippen LogP contribution is 1.96. The van der Waals surface area contributed by atoms with Crippen LogP contribution in [0.2, 0.25) is 0 Å². The van der Waals surface area contributed by atoms with Crippen LogP contribution in [0.3, 0.4) is 0 Å². The molecule has 0 heterocycles. The monoisotopic (exact) mass is 112 g/mol. The SMILES string of the molecule is C=C/C(O)=C(/O)C=C. The molecule has 2 heteroatoms. The Morgan fingerprint density at radius 3 is 1.38 bits per heavy atom. The van der Waals surface area contributed by atoms with Gasteiger partial charge >= 0.3 is 0 Å². The van der Waals surface area contributed by atoms with Gasteiger partial charge in [0.2, 0.25) is 0 Å². The molecular formula is C6H8O2. The predicted octanol–water partition coefficient (Wildman–Crippen LogP) is 1.69. The Bertz CT molecular complexity index is 117. The number of hydrogen-bond donors (Lipinski definition) is 2. The van der Waals surface area contributed by atoms with Crippen molar-refractivity contribution in [1.29, 1.82) is 0 Å². The lowest BCUT2D eigenvalue weighted by Gasteiger charge is -1.90. The van der Waals surface area contributed by atoms with Gasteiger partial charge in [0, 0.05) is 0 Å². The molecule has 0 aliphatic rings. The van der Waals surface area contributed by atoms with Crippen LogP contribution in [0, 0.1) is 0 Å². The van der Waals surface area contributed by atoms with Gasteiger partial charge in [-0.3, -0.25) is 0 Å². The van der Waals surface area contributed by atoms with Gasteiger partial charge in [-0.25, -0.2) is 0 Å². The lowest BCUT2D eigenvalue weighted by Crippen LogP contribution is -1.80. The van der Waals surface area contributed by atoms with Gasteiger partial charge < -0.3 is 10.2 Å². The Kier molecular flexibility index (Phi) is 2.48. The van der Waals surface area contributed by atoms with Crippen molar-refractivity contribution in [3.05, 3.63) is 36.8 Å². The lowest BCUT2D eigenvalue weighted by atomic mass is 10.4. The molecule has 0 saturated carbocycles. The summed E-state index contributed by atoms with van der Waals surface area (Å²) in [6.45, 7) is 6.43. The van der Waals surface area contributed by atoms with Crippen LogP contribution in [-0.2, 0) is 0 Å². The Balaban J connectivity index is 4.25. The van der Waals surface area contributed by atoms with E-state index in [1.807, 2.05) is 0 Å². The first-order valence-electron chi connectivity index (χ1n) is 2.09. The van der Waals surface area contributed by atoms with E-state index in [1.54, 1.807) is 0 Å². The zero-order valence-corrected chi connectivity index (χ0v) is 4.46. The van der Waals surface area contributed by atoms with Crippen LogP contribution < -0.4 is 0 Å². The second-order valence-electron chi connectivity index (χ2n) is 1.18. The topological polar surface area (TPSA) is 40.5 Å². The summed E-state index contributed by atoms with van der Waals surface area (Å²) in [6, 6.07) is 0. The van der Waals surface area contributed by atoms with E-state index in [0.717, 1.165) is 12.2 Å². The van der Waals surface area contributed by atoms with Gasteiger partial charge in [0.05, 0.1) is 0 Å². The maximum absolute atomic E-state index is 8.57. The molecule has 0 aliphatic heterocycles. The van der Waals surface area contributed by atoms with E-state index in [9.17, 15) is 0 Å². The van der Waals surface area contributed by atoms with Gasteiger partial charge in [0.25, 0.3) is 0 Å². The molecule has 0 spiro atoms. The summed E-state index contributed by atoms with van der Waals surface area (Å²) < 4.78 is 0. The Morgan fingerprint density at radius 2 is 1.25 bits per heavy atom. The summed E-state index contributed by atoms with van der Waals surface area (Å²) in [6.07, 6.45) is 2.27. The zero-order chi connectivity index (χ0) is 6.57. The summed E-state index contributed by atoms with van der Waals surface area (Å²) in [7, 11) is 0. The average molecular weight is 112 g/mol. The van der Waals surface area contributed by atoms with Crippen molar-refractivity contribution in [2.45, 2.75) is 0 Å². The van der Waals surface area contributed by atoms with E-state index in [-0.39, 0.29) is 11.5 Å². The van der Waals surface area contributed by atoms with Crippen molar-refractivity contribution in [2.24, 2.45) is 0 Å². The number of allylic oxidation sites excluding steroid dienone is 2. The Labute approximate surface area is 48.1 Å². The first-order chi connectivity index (χ1) is 3.72. The van der Waals surface area contributed by atoms with E-state index >= 15 is 0 Å². The van der Waals surface area contributed by atoms with Crippen LogP contribution in [-0.4, -0.2) is 10.2 Å². The van der Waals surface area contributed by atoms with Crippen LogP contribution in [0.15, 0.2) is 36.8 Å². The van der Waals surface area contributed by atoms with Crippen molar-refractivity contribution in [2.75, 3.05) is 0 Å². The molecule has 0 aromatic carbocycles. The molecule has 0 saturated heterocycles. The number of aliphatic hydroxyl groups excluding tert-OH is 2. The summed E-state index contributed by atoms with van der Waals surface area (Å²) >= 11 is 0. The fraction of sp³-hybridized carbons (Fsp3) is 0. The first-order valence-corrected chi connectivity index (χ1v) is 2.09. The summed E-state index contributed by atoms with van der Waals surface area (Å²) in [4.78, 5) is 0. The van der Waals surface area contributed by atoms with E-state index in [0.29, 0.717) is 0 Å². The molecule has 0 amide bonds. The van der Waals surface area contributed by atoms with Gasteiger partial charge in [-0.2, -0.15) is 0 Å². The van der Waals surface area contributed by atoms with E-state index in [2.05, 4.69) is 13.2 Å². The highest BCUT2D eigenvalue weighted by Gasteiger charge is 1.89. The first kappa shape index (κ1) is 6.82. The molecule has 2 N–H and O–H groups in total. The molecule has 0 rings (SSSR count). The zero-order valence-electron chi connectivity index (χ0n) is 4.46. The summed E-state index contributed by atoms with van der Waals surface area (Å²) in [5.41, 5.74) is 0. The maximum Gasteiger partial charge on any atom is 0.156 e. The third-order valence-electron chi connectivity index (χ3n) is 0.649. The van der Waals surface area contributed by atoms with Gasteiger partial charge in [0.15, 0.2) is 11.5 Å². The molecule has 0 atom stereocenters. The van der Waals surface area contributed by atoms with Crippen LogP contribution in [0.4, 0.5) is 0 Å². The van der Waals surface area contributed by atoms with Crippen LogP contribution in [0.1, 0.15) is 0 Å². The highest BCUT2D eigenvalue weighted by atomic mass is 16.3. The molecular weight excluding hydrogens is 104 g/mol. The van der Waals surface area contributed by atoms with Gasteiger partial charge in [-0.15, -0.1) is 0 Å². The molecule has 0 aromatic heterocycles. The Morgan fingerprint density at radius 1 is 1.00 bits per heavy atom. The number of aliphatic hydroxyl groups is 2. The van der Waals surface area contributed by atoms with Crippen molar-refractivity contribution in [3.8, 4) is 0 Å². The molecule has 44 valence electrons. The summed E-state index contributed by atoms with van der Waals surface area (Å²) in [5.74, 6) is -0.500. The molecule has 8 heavy (non-hydrogen) atoms. The van der Waals surface area contributed by atoms with E-state index < -0.39 is 0 Å². The second-order valence-corrected chi connectivity index (χ2v) is 1.18. The molecule has 2 nitrogen and oxygen atoms in total. The molecule has 0 aliphatic carbocycles. The average Bonchev–Trinajstić information content (AvgIpc) is 1.84. The van der Waals surface area contributed by atoms with Crippen LogP contribution in [0.5, 0.6) is 0 Å². The quantitative estimate of drug-likeness (QED) is 0.421. The normalized spacial score (nSPS) is 12.0.